The number of ether oxygens (including phenoxy) is 1. The summed E-state index contributed by atoms with van der Waals surface area (Å²) in [5, 5.41) is 0. The van der Waals surface area contributed by atoms with Gasteiger partial charge >= 0.3 is 0 Å². The highest BCUT2D eigenvalue weighted by atomic mass is 16.5. The maximum atomic E-state index is 5.75. The van der Waals surface area contributed by atoms with Crippen LogP contribution in [0.25, 0.3) is 6.08 Å². The Balaban J connectivity index is 1.97. The molecule has 0 aromatic heterocycles. The van der Waals surface area contributed by atoms with E-state index >= 15 is 0 Å². The first kappa shape index (κ1) is 11.4. The highest BCUT2D eigenvalue weighted by molar-refractivity contribution is 5.49. The van der Waals surface area contributed by atoms with Crippen molar-refractivity contribution in [1.82, 2.24) is 0 Å². The lowest BCUT2D eigenvalue weighted by Crippen LogP contribution is -2.29. The molecular weight excluding hydrogens is 196 g/mol. The largest absolute Gasteiger partial charge is 0.374 e. The van der Waals surface area contributed by atoms with Gasteiger partial charge in [-0.2, -0.15) is 0 Å². The molecule has 1 unspecified atom stereocenters. The average molecular weight is 216 g/mol. The topological polar surface area (TPSA) is 9.23 Å². The van der Waals surface area contributed by atoms with Crippen molar-refractivity contribution in [2.75, 3.05) is 6.61 Å². The highest BCUT2D eigenvalue weighted by Crippen LogP contribution is 2.32. The van der Waals surface area contributed by atoms with Crippen LogP contribution in [-0.2, 0) is 4.74 Å². The van der Waals surface area contributed by atoms with Crippen LogP contribution < -0.4 is 0 Å². The van der Waals surface area contributed by atoms with E-state index < -0.39 is 0 Å². The Morgan fingerprint density at radius 3 is 2.69 bits per heavy atom. The Kier molecular flexibility index (Phi) is 3.45. The lowest BCUT2D eigenvalue weighted by molar-refractivity contribution is -0.00951. The molecule has 0 N–H and O–H groups in total. The fourth-order valence-corrected chi connectivity index (χ4v) is 2.10. The van der Waals surface area contributed by atoms with Crippen LogP contribution >= 0.6 is 0 Å². The van der Waals surface area contributed by atoms with Crippen molar-refractivity contribution in [3.8, 4) is 0 Å². The van der Waals surface area contributed by atoms with Crippen LogP contribution in [0.4, 0.5) is 0 Å². The minimum absolute atomic E-state index is 0.281. The van der Waals surface area contributed by atoms with Gasteiger partial charge in [-0.3, -0.25) is 0 Å². The molecule has 1 heterocycles. The molecule has 0 bridgehead atoms. The zero-order valence-corrected chi connectivity index (χ0v) is 10.1. The molecule has 16 heavy (non-hydrogen) atoms. The molecule has 1 aromatic rings. The number of hydrogen-bond donors (Lipinski definition) is 0. The zero-order valence-electron chi connectivity index (χ0n) is 10.1. The van der Waals surface area contributed by atoms with Crippen molar-refractivity contribution in [2.45, 2.75) is 32.8 Å². The Hall–Kier alpha value is -1.08. The molecule has 1 fully saturated rings. The van der Waals surface area contributed by atoms with Crippen LogP contribution in [0, 0.1) is 5.41 Å². The van der Waals surface area contributed by atoms with Gasteiger partial charge in [0.1, 0.15) is 0 Å². The summed E-state index contributed by atoms with van der Waals surface area (Å²) >= 11 is 0. The minimum atomic E-state index is 0.281. The van der Waals surface area contributed by atoms with Crippen molar-refractivity contribution in [1.29, 1.82) is 0 Å². The van der Waals surface area contributed by atoms with Gasteiger partial charge in [-0.05, 0) is 23.8 Å². The van der Waals surface area contributed by atoms with Gasteiger partial charge in [0.2, 0.25) is 0 Å². The standard InChI is InChI=1S/C15H20O/c1-15(2)10-11-16-14(12-15)9-8-13-6-4-3-5-7-13/h3-9,14H,10-12H2,1-2H3/b9-8+. The third kappa shape index (κ3) is 3.21. The molecule has 2 rings (SSSR count). The highest BCUT2D eigenvalue weighted by Gasteiger charge is 2.26. The second kappa shape index (κ2) is 4.84. The normalized spacial score (nSPS) is 24.8. The van der Waals surface area contributed by atoms with E-state index in [1.54, 1.807) is 0 Å². The molecule has 86 valence electrons. The van der Waals surface area contributed by atoms with Crippen molar-refractivity contribution in [3.63, 3.8) is 0 Å². The van der Waals surface area contributed by atoms with Crippen molar-refractivity contribution in [2.24, 2.45) is 5.41 Å². The molecule has 0 saturated carbocycles. The average Bonchev–Trinajstić information content (AvgIpc) is 2.27. The molecule has 0 radical (unpaired) electrons. The summed E-state index contributed by atoms with van der Waals surface area (Å²) in [7, 11) is 0. The van der Waals surface area contributed by atoms with E-state index in [0.29, 0.717) is 5.41 Å². The first-order valence-electron chi connectivity index (χ1n) is 6.01. The molecule has 0 spiro atoms. The number of rotatable bonds is 2. The Bertz CT molecular complexity index is 351. The molecular formula is C15H20O. The zero-order chi connectivity index (χ0) is 11.4. The van der Waals surface area contributed by atoms with Crippen LogP contribution in [0.2, 0.25) is 0 Å². The molecule has 1 aliphatic heterocycles. The lowest BCUT2D eigenvalue weighted by Gasteiger charge is -2.33. The Labute approximate surface area is 98.1 Å². The van der Waals surface area contributed by atoms with Gasteiger partial charge in [0.25, 0.3) is 0 Å². The molecule has 0 aliphatic carbocycles. The Morgan fingerprint density at radius 2 is 2.00 bits per heavy atom. The maximum absolute atomic E-state index is 5.75. The third-order valence-corrected chi connectivity index (χ3v) is 3.17. The molecule has 1 atom stereocenters. The molecule has 1 heteroatoms. The minimum Gasteiger partial charge on any atom is -0.374 e. The van der Waals surface area contributed by atoms with Gasteiger partial charge in [0.15, 0.2) is 0 Å². The molecule has 1 aromatic carbocycles. The van der Waals surface area contributed by atoms with Gasteiger partial charge in [-0.1, -0.05) is 56.3 Å². The molecule has 1 aliphatic rings. The fraction of sp³-hybridized carbons (Fsp3) is 0.467. The first-order valence-corrected chi connectivity index (χ1v) is 6.01. The van der Waals surface area contributed by atoms with Crippen LogP contribution in [0.15, 0.2) is 36.4 Å². The molecule has 1 saturated heterocycles. The summed E-state index contributed by atoms with van der Waals surface area (Å²) in [4.78, 5) is 0. The quantitative estimate of drug-likeness (QED) is 0.728. The van der Waals surface area contributed by atoms with E-state index in [4.69, 9.17) is 4.74 Å². The van der Waals surface area contributed by atoms with Crippen LogP contribution in [0.1, 0.15) is 32.3 Å². The predicted octanol–water partition coefficient (Wildman–Crippen LogP) is 3.91. The van der Waals surface area contributed by atoms with E-state index in [0.717, 1.165) is 13.0 Å². The number of benzene rings is 1. The summed E-state index contributed by atoms with van der Waals surface area (Å²) < 4.78 is 5.75. The molecule has 0 amide bonds. The summed E-state index contributed by atoms with van der Waals surface area (Å²) in [6.45, 7) is 5.52. The number of hydrogen-bond acceptors (Lipinski definition) is 1. The van der Waals surface area contributed by atoms with Crippen LogP contribution in [0.5, 0.6) is 0 Å². The fourth-order valence-electron chi connectivity index (χ4n) is 2.10. The van der Waals surface area contributed by atoms with Crippen LogP contribution in [-0.4, -0.2) is 12.7 Å². The second-order valence-electron chi connectivity index (χ2n) is 5.30. The van der Waals surface area contributed by atoms with Crippen molar-refractivity contribution >= 4 is 6.08 Å². The van der Waals surface area contributed by atoms with Crippen LogP contribution in [0.3, 0.4) is 0 Å². The summed E-state index contributed by atoms with van der Waals surface area (Å²) in [6.07, 6.45) is 6.92. The molecule has 1 nitrogen and oxygen atoms in total. The first-order chi connectivity index (χ1) is 7.66. The Morgan fingerprint density at radius 1 is 1.25 bits per heavy atom. The van der Waals surface area contributed by atoms with E-state index in [-0.39, 0.29) is 6.10 Å². The van der Waals surface area contributed by atoms with E-state index in [9.17, 15) is 0 Å². The predicted molar refractivity (Wildman–Crippen MR) is 68.2 cm³/mol. The summed E-state index contributed by atoms with van der Waals surface area (Å²) in [5.74, 6) is 0. The van der Waals surface area contributed by atoms with Gasteiger partial charge in [-0.25, -0.2) is 0 Å². The lowest BCUT2D eigenvalue weighted by atomic mass is 9.82. The van der Waals surface area contributed by atoms with E-state index in [1.807, 2.05) is 6.07 Å². The van der Waals surface area contributed by atoms with E-state index in [2.05, 4.69) is 50.3 Å². The second-order valence-corrected chi connectivity index (χ2v) is 5.30. The third-order valence-electron chi connectivity index (χ3n) is 3.17. The van der Waals surface area contributed by atoms with Gasteiger partial charge < -0.3 is 4.74 Å². The van der Waals surface area contributed by atoms with Gasteiger partial charge in [0, 0.05) is 6.61 Å². The summed E-state index contributed by atoms with van der Waals surface area (Å²) in [5.41, 5.74) is 1.67. The van der Waals surface area contributed by atoms with Gasteiger partial charge in [0.05, 0.1) is 6.10 Å². The van der Waals surface area contributed by atoms with Gasteiger partial charge in [-0.15, -0.1) is 0 Å². The smallest absolute Gasteiger partial charge is 0.0764 e. The van der Waals surface area contributed by atoms with Crippen molar-refractivity contribution < 1.29 is 4.74 Å². The van der Waals surface area contributed by atoms with E-state index in [1.165, 1.54) is 12.0 Å². The SMILES string of the molecule is CC1(C)CCOC(/C=C/c2ccccc2)C1. The summed E-state index contributed by atoms with van der Waals surface area (Å²) in [6, 6.07) is 10.4. The maximum Gasteiger partial charge on any atom is 0.0764 e. The van der Waals surface area contributed by atoms with Crippen molar-refractivity contribution in [3.05, 3.63) is 42.0 Å². The monoisotopic (exact) mass is 216 g/mol.